The average Bonchev–Trinajstić information content (AvgIpc) is 2.70. The molecule has 0 bridgehead atoms. The van der Waals surface area contributed by atoms with Crippen LogP contribution in [0.5, 0.6) is 5.75 Å². The molecule has 7 heteroatoms. The molecule has 0 saturated carbocycles. The zero-order valence-corrected chi connectivity index (χ0v) is 15.1. The van der Waals surface area contributed by atoms with Gasteiger partial charge >= 0.3 is 6.09 Å². The third-order valence-corrected chi connectivity index (χ3v) is 4.19. The minimum Gasteiger partial charge on any atom is -0.497 e. The lowest BCUT2D eigenvalue weighted by Crippen LogP contribution is -2.40. The van der Waals surface area contributed by atoms with Crippen molar-refractivity contribution in [1.82, 2.24) is 4.90 Å². The molecule has 27 heavy (non-hydrogen) atoms. The van der Waals surface area contributed by atoms with Gasteiger partial charge in [0.1, 0.15) is 19.0 Å². The maximum Gasteiger partial charge on any atom is 0.411 e. The predicted octanol–water partition coefficient (Wildman–Crippen LogP) is 2.80. The Morgan fingerprint density at radius 3 is 2.48 bits per heavy atom. The second-order valence-corrected chi connectivity index (χ2v) is 6.11. The minimum atomic E-state index is -0.526. The topological polar surface area (TPSA) is 77.1 Å². The van der Waals surface area contributed by atoms with E-state index < -0.39 is 6.09 Å². The molecule has 142 valence electrons. The first kappa shape index (κ1) is 18.7. The highest BCUT2D eigenvalue weighted by Crippen LogP contribution is 2.15. The van der Waals surface area contributed by atoms with Gasteiger partial charge in [-0.05, 0) is 35.4 Å². The van der Waals surface area contributed by atoms with Crippen LogP contribution in [0.3, 0.4) is 0 Å². The lowest BCUT2D eigenvalue weighted by Gasteiger charge is -2.26. The van der Waals surface area contributed by atoms with Crippen molar-refractivity contribution in [3.63, 3.8) is 0 Å². The second-order valence-electron chi connectivity index (χ2n) is 6.11. The van der Waals surface area contributed by atoms with Crippen molar-refractivity contribution in [1.29, 1.82) is 0 Å². The summed E-state index contributed by atoms with van der Waals surface area (Å²) in [4.78, 5) is 25.4. The number of anilines is 1. The van der Waals surface area contributed by atoms with Crippen LogP contribution in [-0.2, 0) is 27.4 Å². The quantitative estimate of drug-likeness (QED) is 0.846. The number of ether oxygens (including phenoxy) is 3. The van der Waals surface area contributed by atoms with Gasteiger partial charge in [0.25, 0.3) is 0 Å². The van der Waals surface area contributed by atoms with Crippen LogP contribution in [0.2, 0.25) is 0 Å². The molecule has 1 aliphatic heterocycles. The smallest absolute Gasteiger partial charge is 0.411 e. The maximum absolute atomic E-state index is 11.9. The Kier molecular flexibility index (Phi) is 6.27. The molecule has 0 unspecified atom stereocenters. The number of benzene rings is 2. The third-order valence-electron chi connectivity index (χ3n) is 4.19. The molecule has 1 aliphatic rings. The van der Waals surface area contributed by atoms with Gasteiger partial charge in [0.05, 0.1) is 13.7 Å². The number of amides is 2. The van der Waals surface area contributed by atoms with Gasteiger partial charge in [-0.25, -0.2) is 4.79 Å². The van der Waals surface area contributed by atoms with Crippen LogP contribution in [0.25, 0.3) is 0 Å². The molecule has 1 heterocycles. The second kappa shape index (κ2) is 9.05. The van der Waals surface area contributed by atoms with Crippen LogP contribution in [0, 0.1) is 0 Å². The highest BCUT2D eigenvalue weighted by atomic mass is 16.5. The highest BCUT2D eigenvalue weighted by molar-refractivity contribution is 5.84. The van der Waals surface area contributed by atoms with E-state index in [0.29, 0.717) is 25.4 Å². The molecule has 0 spiro atoms. The summed E-state index contributed by atoms with van der Waals surface area (Å²) < 4.78 is 15.4. The predicted molar refractivity (Wildman–Crippen MR) is 99.5 cm³/mol. The van der Waals surface area contributed by atoms with Crippen LogP contribution in [-0.4, -0.2) is 43.8 Å². The SMILES string of the molecule is COc1ccc(COC(=O)Nc2ccc(CN3CCOCC3=O)cc2)cc1. The number of methoxy groups -OCH3 is 1. The first-order valence-electron chi connectivity index (χ1n) is 8.65. The van der Waals surface area contributed by atoms with E-state index >= 15 is 0 Å². The van der Waals surface area contributed by atoms with Crippen molar-refractivity contribution >= 4 is 17.7 Å². The Balaban J connectivity index is 1.47. The summed E-state index contributed by atoms with van der Waals surface area (Å²) in [5.74, 6) is 0.743. The Labute approximate surface area is 157 Å². The first-order chi connectivity index (χ1) is 13.1. The van der Waals surface area contributed by atoms with Crippen LogP contribution >= 0.6 is 0 Å². The van der Waals surface area contributed by atoms with Crippen molar-refractivity contribution in [3.05, 3.63) is 59.7 Å². The number of morpholine rings is 1. The summed E-state index contributed by atoms with van der Waals surface area (Å²) in [5.41, 5.74) is 2.49. The van der Waals surface area contributed by atoms with E-state index in [0.717, 1.165) is 16.9 Å². The molecule has 0 aromatic heterocycles. The summed E-state index contributed by atoms with van der Waals surface area (Å²) in [7, 11) is 1.60. The van der Waals surface area contributed by atoms with Crippen molar-refractivity contribution in [3.8, 4) is 5.75 Å². The standard InChI is InChI=1S/C20H22N2O5/c1-25-18-8-4-16(5-9-18)13-27-20(24)21-17-6-2-15(3-7-17)12-22-10-11-26-14-19(22)23/h2-9H,10-14H2,1H3,(H,21,24). The normalized spacial score (nSPS) is 14.0. The molecule has 2 aromatic carbocycles. The molecule has 0 atom stereocenters. The molecule has 0 radical (unpaired) electrons. The van der Waals surface area contributed by atoms with Gasteiger partial charge in [-0.3, -0.25) is 10.1 Å². The number of nitrogens with one attached hydrogen (secondary N) is 1. The van der Waals surface area contributed by atoms with E-state index in [1.165, 1.54) is 0 Å². The van der Waals surface area contributed by atoms with Crippen LogP contribution in [0.1, 0.15) is 11.1 Å². The van der Waals surface area contributed by atoms with E-state index in [9.17, 15) is 9.59 Å². The molecule has 1 N–H and O–H groups in total. The highest BCUT2D eigenvalue weighted by Gasteiger charge is 2.18. The number of hydrogen-bond acceptors (Lipinski definition) is 5. The van der Waals surface area contributed by atoms with Gasteiger partial charge in [-0.2, -0.15) is 0 Å². The monoisotopic (exact) mass is 370 g/mol. The van der Waals surface area contributed by atoms with Crippen molar-refractivity contribution in [2.24, 2.45) is 0 Å². The summed E-state index contributed by atoms with van der Waals surface area (Å²) in [5, 5.41) is 2.69. The van der Waals surface area contributed by atoms with Crippen molar-refractivity contribution in [2.45, 2.75) is 13.2 Å². The Morgan fingerprint density at radius 1 is 1.11 bits per heavy atom. The molecular formula is C20H22N2O5. The van der Waals surface area contributed by atoms with Gasteiger partial charge in [0.15, 0.2) is 0 Å². The Bertz CT molecular complexity index is 774. The summed E-state index contributed by atoms with van der Waals surface area (Å²) in [6, 6.07) is 14.6. The molecular weight excluding hydrogens is 348 g/mol. The fourth-order valence-corrected chi connectivity index (χ4v) is 2.66. The zero-order valence-electron chi connectivity index (χ0n) is 15.1. The van der Waals surface area contributed by atoms with E-state index in [2.05, 4.69) is 5.32 Å². The summed E-state index contributed by atoms with van der Waals surface area (Å²) >= 11 is 0. The Morgan fingerprint density at radius 2 is 1.81 bits per heavy atom. The van der Waals surface area contributed by atoms with Gasteiger partial charge in [-0.15, -0.1) is 0 Å². The van der Waals surface area contributed by atoms with Gasteiger partial charge < -0.3 is 19.1 Å². The molecule has 7 nitrogen and oxygen atoms in total. The summed E-state index contributed by atoms with van der Waals surface area (Å²) in [6.07, 6.45) is -0.526. The lowest BCUT2D eigenvalue weighted by molar-refractivity contribution is -0.143. The molecule has 0 aliphatic carbocycles. The fourth-order valence-electron chi connectivity index (χ4n) is 2.66. The van der Waals surface area contributed by atoms with Crippen molar-refractivity contribution < 1.29 is 23.8 Å². The molecule has 3 rings (SSSR count). The third kappa shape index (κ3) is 5.46. The Hall–Kier alpha value is -3.06. The molecule has 2 aromatic rings. The average molecular weight is 370 g/mol. The number of carbonyl (C=O) groups excluding carboxylic acids is 2. The molecule has 2 amide bonds. The van der Waals surface area contributed by atoms with Gasteiger partial charge in [0, 0.05) is 18.8 Å². The first-order valence-corrected chi connectivity index (χ1v) is 8.65. The number of rotatable bonds is 6. The van der Waals surface area contributed by atoms with Crippen LogP contribution < -0.4 is 10.1 Å². The minimum absolute atomic E-state index is 0.00874. The summed E-state index contributed by atoms with van der Waals surface area (Å²) in [6.45, 7) is 2.00. The fraction of sp³-hybridized carbons (Fsp3) is 0.300. The number of hydrogen-bond donors (Lipinski definition) is 1. The van der Waals surface area contributed by atoms with Gasteiger partial charge in [-0.1, -0.05) is 24.3 Å². The number of carbonyl (C=O) groups is 2. The van der Waals surface area contributed by atoms with E-state index in [1.807, 2.05) is 36.4 Å². The van der Waals surface area contributed by atoms with Crippen molar-refractivity contribution in [2.75, 3.05) is 32.2 Å². The van der Waals surface area contributed by atoms with E-state index in [1.54, 1.807) is 24.1 Å². The van der Waals surface area contributed by atoms with Gasteiger partial charge in [0.2, 0.25) is 5.91 Å². The van der Waals surface area contributed by atoms with Crippen LogP contribution in [0.4, 0.5) is 10.5 Å². The van der Waals surface area contributed by atoms with Crippen LogP contribution in [0.15, 0.2) is 48.5 Å². The maximum atomic E-state index is 11.9. The zero-order chi connectivity index (χ0) is 19.1. The lowest BCUT2D eigenvalue weighted by atomic mass is 10.2. The van der Waals surface area contributed by atoms with E-state index in [4.69, 9.17) is 14.2 Å². The molecule has 1 fully saturated rings. The molecule has 1 saturated heterocycles. The number of nitrogens with zero attached hydrogens (tertiary/aromatic N) is 1. The largest absolute Gasteiger partial charge is 0.497 e. The van der Waals surface area contributed by atoms with E-state index in [-0.39, 0.29) is 19.1 Å².